The standard InChI is InChI=1S/2C6H9N2.2ClH.Pt/c2*7-4-6-2-1-3-8-5-6;;;/h2*6H,1-3,5H2;2*1H;/q2*-1;;;+4/p-2. The summed E-state index contributed by atoms with van der Waals surface area (Å²) in [6.07, 6.45) is 4.33. The van der Waals surface area contributed by atoms with E-state index in [9.17, 15) is 0 Å². The van der Waals surface area contributed by atoms with Crippen molar-refractivity contribution in [2.75, 3.05) is 26.2 Å². The molecule has 0 aliphatic carbocycles. The summed E-state index contributed by atoms with van der Waals surface area (Å²) in [6.45, 7) is 3.49. The third kappa shape index (κ3) is 11.7. The van der Waals surface area contributed by atoms with E-state index in [0.717, 1.165) is 51.9 Å². The molecule has 2 aliphatic heterocycles. The van der Waals surface area contributed by atoms with Crippen LogP contribution in [0.5, 0.6) is 0 Å². The quantitative estimate of drug-likeness (QED) is 0.522. The molecule has 2 fully saturated rings. The van der Waals surface area contributed by atoms with Crippen molar-refractivity contribution in [2.45, 2.75) is 25.7 Å². The van der Waals surface area contributed by atoms with Gasteiger partial charge in [-0.2, -0.15) is 10.5 Å². The SMILES string of the molecule is N#CC1CCC[N-]C1.N#CC1CCC[N-]C1.[Cl][Pt+2][Cl]. The van der Waals surface area contributed by atoms with Crippen LogP contribution >= 0.6 is 18.8 Å². The minimum absolute atomic E-state index is 0.226. The van der Waals surface area contributed by atoms with Crippen molar-refractivity contribution in [1.29, 1.82) is 10.5 Å². The molecule has 110 valence electrons. The van der Waals surface area contributed by atoms with Crippen LogP contribution in [0.4, 0.5) is 0 Å². The number of nitrogens with zero attached hydrogens (tertiary/aromatic N) is 4. The Hall–Kier alpha value is 0.168. The first kappa shape index (κ1) is 19.2. The van der Waals surface area contributed by atoms with Crippen molar-refractivity contribution in [2.24, 2.45) is 11.8 Å². The zero-order chi connectivity index (χ0) is 14.3. The maximum absolute atomic E-state index is 8.38. The van der Waals surface area contributed by atoms with E-state index in [1.165, 1.54) is 0 Å². The average Bonchev–Trinajstić information content (AvgIpc) is 2.50. The van der Waals surface area contributed by atoms with Crippen LogP contribution in [0.15, 0.2) is 0 Å². The maximum atomic E-state index is 8.38. The zero-order valence-corrected chi connectivity index (χ0v) is 14.5. The minimum atomic E-state index is -0.472. The van der Waals surface area contributed by atoms with Crippen molar-refractivity contribution in [1.82, 2.24) is 0 Å². The van der Waals surface area contributed by atoms with Crippen LogP contribution in [0.1, 0.15) is 25.7 Å². The van der Waals surface area contributed by atoms with Gasteiger partial charge in [-0.1, -0.05) is 12.8 Å². The summed E-state index contributed by atoms with van der Waals surface area (Å²) in [7, 11) is 9.75. The molecule has 2 heterocycles. The van der Waals surface area contributed by atoms with Gasteiger partial charge >= 0.3 is 35.3 Å². The number of piperidine rings is 2. The fraction of sp³-hybridized carbons (Fsp3) is 0.833. The van der Waals surface area contributed by atoms with Gasteiger partial charge in [0.1, 0.15) is 0 Å². The second-order valence-corrected chi connectivity index (χ2v) is 7.52. The molecule has 0 radical (unpaired) electrons. The van der Waals surface area contributed by atoms with Crippen LogP contribution in [0.2, 0.25) is 0 Å². The van der Waals surface area contributed by atoms with E-state index in [1.807, 2.05) is 0 Å². The predicted octanol–water partition coefficient (Wildman–Crippen LogP) is 3.96. The van der Waals surface area contributed by atoms with Gasteiger partial charge in [-0.05, 0) is 12.8 Å². The Bertz CT molecular complexity index is 250. The van der Waals surface area contributed by atoms with E-state index in [-0.39, 0.29) is 11.8 Å². The normalized spacial score (nSPS) is 25.7. The van der Waals surface area contributed by atoms with Crippen LogP contribution in [0.3, 0.4) is 0 Å². The number of halogens is 2. The summed E-state index contributed by atoms with van der Waals surface area (Å²) >= 11 is -0.472. The number of nitriles is 2. The molecule has 0 N–H and O–H groups in total. The molecule has 0 bridgehead atoms. The van der Waals surface area contributed by atoms with Crippen molar-refractivity contribution in [3.8, 4) is 12.1 Å². The zero-order valence-electron chi connectivity index (χ0n) is 10.7. The van der Waals surface area contributed by atoms with Crippen molar-refractivity contribution in [3.63, 3.8) is 0 Å². The van der Waals surface area contributed by atoms with Gasteiger partial charge < -0.3 is 10.6 Å². The van der Waals surface area contributed by atoms with Gasteiger partial charge in [0, 0.05) is 11.8 Å². The Morgan fingerprint density at radius 2 is 1.26 bits per heavy atom. The summed E-state index contributed by atoms with van der Waals surface area (Å²) in [6, 6.07) is 4.42. The van der Waals surface area contributed by atoms with Crippen LogP contribution in [0, 0.1) is 34.5 Å². The summed E-state index contributed by atoms with van der Waals surface area (Å²) in [5.41, 5.74) is 0. The molecule has 0 aromatic rings. The summed E-state index contributed by atoms with van der Waals surface area (Å²) in [5, 5.41) is 25.0. The first-order valence-corrected chi connectivity index (χ1v) is 11.8. The molecule has 0 aromatic heterocycles. The first-order chi connectivity index (χ1) is 9.28. The average molecular weight is 484 g/mol. The number of hydrogen-bond acceptors (Lipinski definition) is 2. The molecular weight excluding hydrogens is 466 g/mol. The van der Waals surface area contributed by atoms with Crippen LogP contribution in [-0.2, 0) is 16.5 Å². The van der Waals surface area contributed by atoms with Crippen LogP contribution in [-0.4, -0.2) is 26.2 Å². The molecule has 2 rings (SSSR count). The van der Waals surface area contributed by atoms with E-state index in [1.54, 1.807) is 0 Å². The fourth-order valence-corrected chi connectivity index (χ4v) is 1.79. The Morgan fingerprint density at radius 3 is 1.42 bits per heavy atom. The Kier molecular flexibility index (Phi) is 14.7. The monoisotopic (exact) mass is 483 g/mol. The van der Waals surface area contributed by atoms with Crippen molar-refractivity contribution < 1.29 is 16.5 Å². The molecule has 2 saturated heterocycles. The van der Waals surface area contributed by atoms with Gasteiger partial charge in [0.15, 0.2) is 0 Å². The molecule has 19 heavy (non-hydrogen) atoms. The van der Waals surface area contributed by atoms with E-state index >= 15 is 0 Å². The second-order valence-electron chi connectivity index (χ2n) is 4.24. The molecular formula is C12H18Cl2N4Pt. The summed E-state index contributed by atoms with van der Waals surface area (Å²) in [5.74, 6) is 0.451. The van der Waals surface area contributed by atoms with E-state index < -0.39 is 16.5 Å². The van der Waals surface area contributed by atoms with Crippen molar-refractivity contribution in [3.05, 3.63) is 10.6 Å². The van der Waals surface area contributed by atoms with Gasteiger partial charge in [0.25, 0.3) is 0 Å². The van der Waals surface area contributed by atoms with Gasteiger partial charge in [-0.15, -0.1) is 26.2 Å². The molecule has 0 spiro atoms. The second kappa shape index (κ2) is 14.6. The Balaban J connectivity index is 0.000000284. The molecule has 0 saturated carbocycles. The van der Waals surface area contributed by atoms with Gasteiger partial charge in [0.2, 0.25) is 0 Å². The molecule has 4 nitrogen and oxygen atoms in total. The van der Waals surface area contributed by atoms with Gasteiger partial charge in [-0.25, -0.2) is 0 Å². The molecule has 7 heteroatoms. The Labute approximate surface area is 132 Å². The molecule has 0 aromatic carbocycles. The molecule has 2 aliphatic rings. The van der Waals surface area contributed by atoms with E-state index in [2.05, 4.69) is 22.8 Å². The Morgan fingerprint density at radius 1 is 0.895 bits per heavy atom. The fourth-order valence-electron chi connectivity index (χ4n) is 1.79. The topological polar surface area (TPSA) is 75.8 Å². The predicted molar refractivity (Wildman–Crippen MR) is 74.6 cm³/mol. The van der Waals surface area contributed by atoms with E-state index in [4.69, 9.17) is 29.4 Å². The third-order valence-electron chi connectivity index (χ3n) is 2.80. The first-order valence-electron chi connectivity index (χ1n) is 6.16. The number of rotatable bonds is 0. The van der Waals surface area contributed by atoms with E-state index in [0.29, 0.717) is 0 Å². The number of hydrogen-bond donors (Lipinski definition) is 0. The van der Waals surface area contributed by atoms with Gasteiger partial charge in [-0.3, -0.25) is 0 Å². The molecule has 0 amide bonds. The van der Waals surface area contributed by atoms with Crippen molar-refractivity contribution >= 4 is 18.8 Å². The molecule has 2 atom stereocenters. The summed E-state index contributed by atoms with van der Waals surface area (Å²) < 4.78 is 0. The molecule has 2 unspecified atom stereocenters. The van der Waals surface area contributed by atoms with Crippen LogP contribution < -0.4 is 0 Å². The van der Waals surface area contributed by atoms with Gasteiger partial charge in [0.05, 0.1) is 12.1 Å². The third-order valence-corrected chi connectivity index (χ3v) is 2.80. The van der Waals surface area contributed by atoms with Crippen LogP contribution in [0.25, 0.3) is 10.6 Å². The summed E-state index contributed by atoms with van der Waals surface area (Å²) in [4.78, 5) is 0.